The molecule has 5 rings (SSSR count). The lowest BCUT2D eigenvalue weighted by Gasteiger charge is -2.17. The first-order valence-electron chi connectivity index (χ1n) is 9.21. The van der Waals surface area contributed by atoms with E-state index >= 15 is 0 Å². The summed E-state index contributed by atoms with van der Waals surface area (Å²) < 4.78 is 2.04. The van der Waals surface area contributed by atoms with E-state index in [0.29, 0.717) is 12.2 Å². The average Bonchev–Trinajstić information content (AvgIpc) is 3.53. The van der Waals surface area contributed by atoms with Gasteiger partial charge in [0.1, 0.15) is 0 Å². The second-order valence-corrected chi connectivity index (χ2v) is 7.51. The Hall–Kier alpha value is -3.65. The Bertz CT molecular complexity index is 1170. The van der Waals surface area contributed by atoms with Crippen LogP contribution < -0.4 is 5.32 Å². The molecular weight excluding hydrogens is 384 g/mol. The lowest BCUT2D eigenvalue weighted by atomic mass is 10.1. The topological polar surface area (TPSA) is 91.4 Å². The molecule has 1 atom stereocenters. The first kappa shape index (κ1) is 17.4. The number of rotatable bonds is 6. The summed E-state index contributed by atoms with van der Waals surface area (Å²) in [4.78, 5) is 20.4. The van der Waals surface area contributed by atoms with Gasteiger partial charge in [0.05, 0.1) is 18.2 Å². The number of carbonyl (C=O) groups excluding carboxylic acids is 1. The van der Waals surface area contributed by atoms with Gasteiger partial charge in [-0.15, -0.1) is 5.10 Å². The highest BCUT2D eigenvalue weighted by molar-refractivity contribution is 7.08. The maximum Gasteiger partial charge on any atom is 0.249 e. The smallest absolute Gasteiger partial charge is 0.249 e. The monoisotopic (exact) mass is 402 g/mol. The number of aromatic amines is 2. The van der Waals surface area contributed by atoms with Crippen LogP contribution in [-0.4, -0.2) is 30.6 Å². The van der Waals surface area contributed by atoms with Crippen LogP contribution in [0.25, 0.3) is 22.4 Å². The molecular formula is C21H18N6OS. The molecule has 0 unspecified atom stereocenters. The van der Waals surface area contributed by atoms with E-state index in [1.165, 1.54) is 0 Å². The molecule has 0 aliphatic heterocycles. The highest BCUT2D eigenvalue weighted by Crippen LogP contribution is 2.25. The number of aromatic nitrogens is 5. The molecule has 7 nitrogen and oxygen atoms in total. The maximum atomic E-state index is 12.7. The minimum absolute atomic E-state index is 0.0663. The fraction of sp³-hybridized carbons (Fsp3) is 0.0952. The van der Waals surface area contributed by atoms with Gasteiger partial charge in [-0.05, 0) is 46.7 Å². The van der Waals surface area contributed by atoms with Crippen molar-refractivity contribution in [3.05, 3.63) is 77.2 Å². The van der Waals surface area contributed by atoms with E-state index in [1.807, 2.05) is 70.9 Å². The van der Waals surface area contributed by atoms with Crippen LogP contribution in [0.5, 0.6) is 0 Å². The Morgan fingerprint density at radius 3 is 2.83 bits per heavy atom. The van der Waals surface area contributed by atoms with E-state index in [4.69, 9.17) is 0 Å². The minimum atomic E-state index is -0.142. The van der Waals surface area contributed by atoms with Crippen molar-refractivity contribution in [1.29, 1.82) is 0 Å². The van der Waals surface area contributed by atoms with E-state index in [-0.39, 0.29) is 17.9 Å². The largest absolute Gasteiger partial charge is 0.352 e. The van der Waals surface area contributed by atoms with Crippen LogP contribution in [0.4, 0.5) is 5.95 Å². The summed E-state index contributed by atoms with van der Waals surface area (Å²) in [6, 6.07) is 15.9. The number of benzene rings is 1. The van der Waals surface area contributed by atoms with Crippen molar-refractivity contribution >= 4 is 34.1 Å². The van der Waals surface area contributed by atoms with Crippen LogP contribution in [-0.2, 0) is 4.79 Å². The van der Waals surface area contributed by atoms with Crippen LogP contribution >= 0.6 is 11.3 Å². The molecule has 1 amide bonds. The fourth-order valence-electron chi connectivity index (χ4n) is 3.41. The summed E-state index contributed by atoms with van der Waals surface area (Å²) in [6.07, 6.45) is 4.23. The molecule has 4 aromatic heterocycles. The molecule has 1 aromatic carbocycles. The van der Waals surface area contributed by atoms with Crippen molar-refractivity contribution in [1.82, 2.24) is 24.7 Å². The van der Waals surface area contributed by atoms with E-state index in [1.54, 1.807) is 11.3 Å². The molecule has 0 fully saturated rings. The van der Waals surface area contributed by atoms with Crippen LogP contribution in [0.2, 0.25) is 0 Å². The van der Waals surface area contributed by atoms with Crippen molar-refractivity contribution in [2.75, 3.05) is 5.32 Å². The van der Waals surface area contributed by atoms with Crippen LogP contribution in [0.1, 0.15) is 18.0 Å². The first-order chi connectivity index (χ1) is 14.3. The number of anilines is 1. The quantitative estimate of drug-likeness (QED) is 0.392. The molecule has 0 radical (unpaired) electrons. The molecule has 8 heteroatoms. The van der Waals surface area contributed by atoms with Crippen molar-refractivity contribution in [2.45, 2.75) is 12.5 Å². The van der Waals surface area contributed by atoms with Gasteiger partial charge in [0.2, 0.25) is 11.9 Å². The minimum Gasteiger partial charge on any atom is -0.352 e. The zero-order valence-electron chi connectivity index (χ0n) is 15.4. The summed E-state index contributed by atoms with van der Waals surface area (Å²) in [6.45, 7) is 0. The van der Waals surface area contributed by atoms with Gasteiger partial charge >= 0.3 is 0 Å². The third-order valence-corrected chi connectivity index (χ3v) is 5.52. The van der Waals surface area contributed by atoms with Gasteiger partial charge in [0.25, 0.3) is 0 Å². The van der Waals surface area contributed by atoms with Gasteiger partial charge < -0.3 is 9.55 Å². The lowest BCUT2D eigenvalue weighted by molar-refractivity contribution is -0.116. The van der Waals surface area contributed by atoms with Gasteiger partial charge in [-0.2, -0.15) is 16.3 Å². The zero-order chi connectivity index (χ0) is 19.6. The SMILES string of the molecule is O=C(C[C@@H](c1ccsc1)n1cccc1)Nc1n[nH]c(-c2cc3ccccc3[nH]2)n1. The Kier molecular flexibility index (Phi) is 4.45. The van der Waals surface area contributed by atoms with Crippen molar-refractivity contribution in [2.24, 2.45) is 0 Å². The molecule has 5 aromatic rings. The Labute approximate surface area is 170 Å². The lowest BCUT2D eigenvalue weighted by Crippen LogP contribution is -2.19. The predicted molar refractivity (Wildman–Crippen MR) is 114 cm³/mol. The Morgan fingerprint density at radius 2 is 2.03 bits per heavy atom. The number of amides is 1. The Balaban J connectivity index is 1.32. The number of H-pyrrole nitrogens is 2. The number of carbonyl (C=O) groups is 1. The van der Waals surface area contributed by atoms with E-state index in [9.17, 15) is 4.79 Å². The van der Waals surface area contributed by atoms with Crippen molar-refractivity contribution in [3.63, 3.8) is 0 Å². The summed E-state index contributed by atoms with van der Waals surface area (Å²) >= 11 is 1.62. The number of nitrogens with one attached hydrogen (secondary N) is 3. The van der Waals surface area contributed by atoms with E-state index in [2.05, 4.69) is 30.9 Å². The van der Waals surface area contributed by atoms with Crippen LogP contribution in [0.3, 0.4) is 0 Å². The van der Waals surface area contributed by atoms with E-state index in [0.717, 1.165) is 22.2 Å². The van der Waals surface area contributed by atoms with Gasteiger partial charge in [0.15, 0.2) is 5.82 Å². The predicted octanol–water partition coefficient (Wildman–Crippen LogP) is 4.43. The number of hydrogen-bond acceptors (Lipinski definition) is 4. The number of nitrogens with zero attached hydrogens (tertiary/aromatic N) is 3. The molecule has 0 aliphatic carbocycles. The summed E-state index contributed by atoms with van der Waals surface area (Å²) in [7, 11) is 0. The highest BCUT2D eigenvalue weighted by atomic mass is 32.1. The second kappa shape index (κ2) is 7.40. The molecule has 29 heavy (non-hydrogen) atoms. The third kappa shape index (κ3) is 3.57. The first-order valence-corrected chi connectivity index (χ1v) is 10.2. The Morgan fingerprint density at radius 1 is 1.17 bits per heavy atom. The van der Waals surface area contributed by atoms with Crippen LogP contribution in [0, 0.1) is 0 Å². The maximum absolute atomic E-state index is 12.7. The molecule has 0 saturated carbocycles. The summed E-state index contributed by atoms with van der Waals surface area (Å²) in [5, 5.41) is 15.0. The zero-order valence-corrected chi connectivity index (χ0v) is 16.2. The average molecular weight is 402 g/mol. The number of thiophene rings is 1. The third-order valence-electron chi connectivity index (χ3n) is 4.82. The summed E-state index contributed by atoms with van der Waals surface area (Å²) in [5.41, 5.74) is 2.95. The van der Waals surface area contributed by atoms with Crippen LogP contribution in [0.15, 0.2) is 71.7 Å². The fourth-order valence-corrected chi connectivity index (χ4v) is 4.11. The molecule has 4 heterocycles. The van der Waals surface area contributed by atoms with E-state index < -0.39 is 0 Å². The second-order valence-electron chi connectivity index (χ2n) is 6.73. The summed E-state index contributed by atoms with van der Waals surface area (Å²) in [5.74, 6) is 0.702. The highest BCUT2D eigenvalue weighted by Gasteiger charge is 2.19. The van der Waals surface area contributed by atoms with Crippen molar-refractivity contribution < 1.29 is 4.79 Å². The standard InChI is InChI=1S/C21H18N6OS/c28-19(12-18(15-7-10-29-13-15)27-8-3-4-9-27)23-21-24-20(25-26-21)17-11-14-5-1-2-6-16(14)22-17/h1-11,13,18,22H,12H2,(H2,23,24,25,26,28)/t18-/m0/s1. The van der Waals surface area contributed by atoms with Crippen molar-refractivity contribution in [3.8, 4) is 11.5 Å². The number of para-hydroxylation sites is 1. The normalized spacial score (nSPS) is 12.3. The van der Waals surface area contributed by atoms with Gasteiger partial charge in [-0.25, -0.2) is 0 Å². The molecule has 0 bridgehead atoms. The molecule has 0 saturated heterocycles. The number of hydrogen-bond donors (Lipinski definition) is 3. The number of fused-ring (bicyclic) bond motifs is 1. The van der Waals surface area contributed by atoms with Gasteiger partial charge in [-0.1, -0.05) is 18.2 Å². The molecule has 0 aliphatic rings. The van der Waals surface area contributed by atoms with Gasteiger partial charge in [0, 0.05) is 23.3 Å². The molecule has 0 spiro atoms. The molecule has 3 N–H and O–H groups in total. The van der Waals surface area contributed by atoms with Gasteiger partial charge in [-0.3, -0.25) is 15.2 Å². The molecule has 144 valence electrons.